The van der Waals surface area contributed by atoms with E-state index in [9.17, 15) is 0 Å². The van der Waals surface area contributed by atoms with Gasteiger partial charge in [-0.05, 0) is 18.2 Å². The van der Waals surface area contributed by atoms with Crippen LogP contribution in [0, 0.1) is 0 Å². The highest BCUT2D eigenvalue weighted by Crippen LogP contribution is 2.38. The molecule has 0 spiro atoms. The third-order valence-electron chi connectivity index (χ3n) is 2.84. The van der Waals surface area contributed by atoms with Gasteiger partial charge < -0.3 is 24.7 Å². The molecule has 0 aliphatic carbocycles. The van der Waals surface area contributed by atoms with Gasteiger partial charge in [-0.2, -0.15) is 0 Å². The molecule has 0 unspecified atom stereocenters. The van der Waals surface area contributed by atoms with Crippen LogP contribution in [0.3, 0.4) is 0 Å². The molecule has 2 N–H and O–H groups in total. The molecular formula is C12H17NO4. The average molecular weight is 239 g/mol. The molecule has 2 rings (SSSR count). The van der Waals surface area contributed by atoms with Crippen molar-refractivity contribution in [2.75, 3.05) is 34.0 Å². The van der Waals surface area contributed by atoms with Gasteiger partial charge in [0.15, 0.2) is 0 Å². The monoisotopic (exact) mass is 239 g/mol. The van der Waals surface area contributed by atoms with Crippen molar-refractivity contribution >= 4 is 0 Å². The normalized spacial score (nSPS) is 18.1. The Balaban J connectivity index is 2.46. The third-order valence-corrected chi connectivity index (χ3v) is 2.84. The summed E-state index contributed by atoms with van der Waals surface area (Å²) in [6, 6.07) is 5.47. The number of hydrogen-bond acceptors (Lipinski definition) is 5. The molecule has 17 heavy (non-hydrogen) atoms. The van der Waals surface area contributed by atoms with Crippen LogP contribution in [0.2, 0.25) is 0 Å². The van der Waals surface area contributed by atoms with E-state index in [4.69, 9.17) is 24.7 Å². The van der Waals surface area contributed by atoms with E-state index in [0.29, 0.717) is 24.7 Å². The number of nitrogens with two attached hydrogens (primary N) is 1. The second-order valence-electron chi connectivity index (χ2n) is 3.72. The molecule has 1 saturated heterocycles. The van der Waals surface area contributed by atoms with E-state index in [-0.39, 0.29) is 6.54 Å². The second kappa shape index (κ2) is 4.91. The highest BCUT2D eigenvalue weighted by Gasteiger charge is 2.40. The lowest BCUT2D eigenvalue weighted by molar-refractivity contribution is -0.157. The van der Waals surface area contributed by atoms with Crippen molar-refractivity contribution in [1.82, 2.24) is 0 Å². The molecular weight excluding hydrogens is 222 g/mol. The van der Waals surface area contributed by atoms with Crippen LogP contribution in [0.15, 0.2) is 18.2 Å². The number of benzene rings is 1. The van der Waals surface area contributed by atoms with Crippen LogP contribution in [0.25, 0.3) is 0 Å². The van der Waals surface area contributed by atoms with Gasteiger partial charge in [0.25, 0.3) is 0 Å². The van der Waals surface area contributed by atoms with Crippen LogP contribution in [0.4, 0.5) is 0 Å². The predicted octanol–water partition coefficient (Wildman–Crippen LogP) is 0.862. The van der Waals surface area contributed by atoms with Gasteiger partial charge in [-0.3, -0.25) is 0 Å². The van der Waals surface area contributed by atoms with Crippen LogP contribution in [0.1, 0.15) is 5.56 Å². The fourth-order valence-electron chi connectivity index (χ4n) is 1.95. The first kappa shape index (κ1) is 12.2. The topological polar surface area (TPSA) is 62.9 Å². The summed E-state index contributed by atoms with van der Waals surface area (Å²) in [5.74, 6) is 0.478. The maximum Gasteiger partial charge on any atom is 0.211 e. The quantitative estimate of drug-likeness (QED) is 0.844. The molecule has 1 aliphatic heterocycles. The van der Waals surface area contributed by atoms with E-state index in [0.717, 1.165) is 5.56 Å². The van der Waals surface area contributed by atoms with Gasteiger partial charge in [0.05, 0.1) is 39.5 Å². The van der Waals surface area contributed by atoms with Crippen molar-refractivity contribution < 1.29 is 18.9 Å². The van der Waals surface area contributed by atoms with E-state index in [1.807, 2.05) is 18.2 Å². The smallest absolute Gasteiger partial charge is 0.211 e. The Labute approximate surface area is 100 Å². The Morgan fingerprint density at radius 3 is 2.47 bits per heavy atom. The summed E-state index contributed by atoms with van der Waals surface area (Å²) in [5.41, 5.74) is 6.53. The van der Waals surface area contributed by atoms with Crippen molar-refractivity contribution in [3.05, 3.63) is 23.8 Å². The number of hydrogen-bond donors (Lipinski definition) is 1. The first-order valence-corrected chi connectivity index (χ1v) is 5.46. The Bertz CT molecular complexity index is 388. The predicted molar refractivity (Wildman–Crippen MR) is 62.2 cm³/mol. The van der Waals surface area contributed by atoms with E-state index in [1.165, 1.54) is 0 Å². The molecule has 1 heterocycles. The molecule has 5 heteroatoms. The van der Waals surface area contributed by atoms with Crippen molar-refractivity contribution in [3.8, 4) is 11.5 Å². The second-order valence-corrected chi connectivity index (χ2v) is 3.72. The fourth-order valence-corrected chi connectivity index (χ4v) is 1.95. The SMILES string of the molecule is COc1ccc(OC)c(C2(CN)OCCO2)c1. The van der Waals surface area contributed by atoms with Crippen molar-refractivity contribution in [2.45, 2.75) is 5.79 Å². The zero-order chi connectivity index (χ0) is 12.3. The fraction of sp³-hybridized carbons (Fsp3) is 0.500. The Morgan fingerprint density at radius 2 is 1.94 bits per heavy atom. The summed E-state index contributed by atoms with van der Waals surface area (Å²) >= 11 is 0. The van der Waals surface area contributed by atoms with Crippen LogP contribution < -0.4 is 15.2 Å². The summed E-state index contributed by atoms with van der Waals surface area (Å²) in [5, 5.41) is 0. The highest BCUT2D eigenvalue weighted by atomic mass is 16.7. The Kier molecular flexibility index (Phi) is 3.51. The molecule has 1 aliphatic rings. The van der Waals surface area contributed by atoms with Gasteiger partial charge >= 0.3 is 0 Å². The minimum Gasteiger partial charge on any atom is -0.497 e. The van der Waals surface area contributed by atoms with Gasteiger partial charge in [0, 0.05) is 0 Å². The van der Waals surface area contributed by atoms with Gasteiger partial charge in [-0.1, -0.05) is 0 Å². The highest BCUT2D eigenvalue weighted by molar-refractivity contribution is 5.43. The lowest BCUT2D eigenvalue weighted by atomic mass is 10.0. The summed E-state index contributed by atoms with van der Waals surface area (Å²) < 4.78 is 21.8. The van der Waals surface area contributed by atoms with E-state index >= 15 is 0 Å². The van der Waals surface area contributed by atoms with Gasteiger partial charge in [0.1, 0.15) is 11.5 Å². The van der Waals surface area contributed by atoms with Crippen LogP contribution in [-0.2, 0) is 15.3 Å². The molecule has 0 amide bonds. The lowest BCUT2D eigenvalue weighted by Gasteiger charge is -2.27. The van der Waals surface area contributed by atoms with Crippen molar-refractivity contribution in [3.63, 3.8) is 0 Å². The zero-order valence-electron chi connectivity index (χ0n) is 10.1. The molecule has 5 nitrogen and oxygen atoms in total. The van der Waals surface area contributed by atoms with E-state index in [2.05, 4.69) is 0 Å². The standard InChI is InChI=1S/C12H17NO4/c1-14-9-3-4-11(15-2)10(7-9)12(8-13)16-5-6-17-12/h3-4,7H,5-6,8,13H2,1-2H3. The van der Waals surface area contributed by atoms with Crippen LogP contribution >= 0.6 is 0 Å². The maximum atomic E-state index is 5.77. The first-order valence-electron chi connectivity index (χ1n) is 5.46. The molecule has 0 radical (unpaired) electrons. The molecule has 1 aromatic carbocycles. The third kappa shape index (κ3) is 2.09. The van der Waals surface area contributed by atoms with Gasteiger partial charge in [-0.15, -0.1) is 0 Å². The molecule has 94 valence electrons. The summed E-state index contributed by atoms with van der Waals surface area (Å²) in [7, 11) is 3.21. The van der Waals surface area contributed by atoms with Crippen LogP contribution in [0.5, 0.6) is 11.5 Å². The minimum atomic E-state index is -0.917. The summed E-state index contributed by atoms with van der Waals surface area (Å²) in [6.45, 7) is 1.28. The molecule has 0 aromatic heterocycles. The summed E-state index contributed by atoms with van der Waals surface area (Å²) in [6.07, 6.45) is 0. The maximum absolute atomic E-state index is 5.77. The average Bonchev–Trinajstić information content (AvgIpc) is 2.88. The largest absolute Gasteiger partial charge is 0.497 e. The molecule has 0 atom stereocenters. The Hall–Kier alpha value is -1.30. The minimum absolute atomic E-state index is 0.233. The lowest BCUT2D eigenvalue weighted by Crippen LogP contribution is -2.36. The summed E-state index contributed by atoms with van der Waals surface area (Å²) in [4.78, 5) is 0. The van der Waals surface area contributed by atoms with Crippen LogP contribution in [-0.4, -0.2) is 34.0 Å². The van der Waals surface area contributed by atoms with E-state index < -0.39 is 5.79 Å². The zero-order valence-corrected chi connectivity index (χ0v) is 10.1. The number of ether oxygens (including phenoxy) is 4. The first-order chi connectivity index (χ1) is 8.25. The molecule has 0 bridgehead atoms. The number of rotatable bonds is 4. The van der Waals surface area contributed by atoms with Gasteiger partial charge in [-0.25, -0.2) is 0 Å². The van der Waals surface area contributed by atoms with Gasteiger partial charge in [0.2, 0.25) is 5.79 Å². The molecule has 1 aromatic rings. The van der Waals surface area contributed by atoms with Crippen molar-refractivity contribution in [2.24, 2.45) is 5.73 Å². The molecule has 1 fully saturated rings. The van der Waals surface area contributed by atoms with E-state index in [1.54, 1.807) is 14.2 Å². The number of methoxy groups -OCH3 is 2. The molecule has 0 saturated carbocycles. The Morgan fingerprint density at radius 1 is 1.24 bits per heavy atom. The van der Waals surface area contributed by atoms with Crippen molar-refractivity contribution in [1.29, 1.82) is 0 Å².